The Hall–Kier alpha value is -3.67. The molecule has 3 heterocycles. The Balaban J connectivity index is 1.23. The molecule has 1 atom stereocenters. The molecule has 0 aliphatic carbocycles. The second kappa shape index (κ2) is 7.63. The van der Waals surface area contributed by atoms with Crippen LogP contribution in [0.5, 0.6) is 0 Å². The summed E-state index contributed by atoms with van der Waals surface area (Å²) in [5, 5.41) is 5.10. The molecule has 0 spiro atoms. The van der Waals surface area contributed by atoms with E-state index < -0.39 is 0 Å². The van der Waals surface area contributed by atoms with Crippen LogP contribution >= 0.6 is 0 Å². The zero-order chi connectivity index (χ0) is 20.5. The largest absolute Gasteiger partial charge is 0.355 e. The quantitative estimate of drug-likeness (QED) is 0.561. The number of benzene rings is 2. The third kappa shape index (κ3) is 3.41. The van der Waals surface area contributed by atoms with Crippen LogP contribution in [0.3, 0.4) is 0 Å². The standard InChI is InChI=1S/C24H22N4O2/c29-23-14-18(15-28(23)21-9-5-7-17-6-1-2-8-20(17)21)24(30)25-12-11-19-16-27-13-4-3-10-22(27)26-19/h1-10,13,16,18H,11-12,14-15H2,(H,25,30). The third-order valence-corrected chi connectivity index (χ3v) is 5.65. The van der Waals surface area contributed by atoms with Gasteiger partial charge in [0.25, 0.3) is 0 Å². The van der Waals surface area contributed by atoms with Crippen molar-refractivity contribution < 1.29 is 9.59 Å². The molecule has 1 saturated heterocycles. The van der Waals surface area contributed by atoms with E-state index in [1.165, 1.54) is 0 Å². The van der Waals surface area contributed by atoms with Gasteiger partial charge in [0.15, 0.2) is 0 Å². The lowest BCUT2D eigenvalue weighted by Crippen LogP contribution is -2.34. The molecule has 5 rings (SSSR count). The van der Waals surface area contributed by atoms with Gasteiger partial charge in [-0.2, -0.15) is 0 Å². The van der Waals surface area contributed by atoms with E-state index in [0.29, 0.717) is 19.5 Å². The number of carbonyl (C=O) groups is 2. The number of carbonyl (C=O) groups excluding carboxylic acids is 2. The maximum atomic E-state index is 12.7. The minimum absolute atomic E-state index is 0.00754. The van der Waals surface area contributed by atoms with Crippen LogP contribution in [0.25, 0.3) is 16.4 Å². The molecule has 30 heavy (non-hydrogen) atoms. The van der Waals surface area contributed by atoms with Gasteiger partial charge in [0.2, 0.25) is 11.8 Å². The van der Waals surface area contributed by atoms with E-state index in [0.717, 1.165) is 27.8 Å². The summed E-state index contributed by atoms with van der Waals surface area (Å²) in [6.07, 6.45) is 4.82. The van der Waals surface area contributed by atoms with Gasteiger partial charge in [0.1, 0.15) is 5.65 Å². The van der Waals surface area contributed by atoms with Crippen LogP contribution in [0.4, 0.5) is 5.69 Å². The van der Waals surface area contributed by atoms with Crippen molar-refractivity contribution in [1.82, 2.24) is 14.7 Å². The highest BCUT2D eigenvalue weighted by Gasteiger charge is 2.35. The fraction of sp³-hybridized carbons (Fsp3) is 0.208. The lowest BCUT2D eigenvalue weighted by molar-refractivity contribution is -0.126. The van der Waals surface area contributed by atoms with Gasteiger partial charge in [-0.25, -0.2) is 4.98 Å². The summed E-state index contributed by atoms with van der Waals surface area (Å²) in [5.74, 6) is -0.417. The Labute approximate surface area is 174 Å². The van der Waals surface area contributed by atoms with E-state index >= 15 is 0 Å². The van der Waals surface area contributed by atoms with Gasteiger partial charge in [-0.1, -0.05) is 42.5 Å². The Morgan fingerprint density at radius 3 is 2.80 bits per heavy atom. The van der Waals surface area contributed by atoms with Crippen LogP contribution in [0.1, 0.15) is 12.1 Å². The van der Waals surface area contributed by atoms with Crippen LogP contribution in [-0.2, 0) is 16.0 Å². The zero-order valence-electron chi connectivity index (χ0n) is 16.5. The van der Waals surface area contributed by atoms with Crippen molar-refractivity contribution in [2.75, 3.05) is 18.0 Å². The van der Waals surface area contributed by atoms with Crippen molar-refractivity contribution in [2.24, 2.45) is 5.92 Å². The molecule has 2 aromatic carbocycles. The van der Waals surface area contributed by atoms with Crippen molar-refractivity contribution in [3.8, 4) is 0 Å². The average molecular weight is 398 g/mol. The van der Waals surface area contributed by atoms with Gasteiger partial charge in [-0.15, -0.1) is 0 Å². The molecule has 2 aromatic heterocycles. The Morgan fingerprint density at radius 2 is 1.90 bits per heavy atom. The molecule has 1 aliphatic rings. The van der Waals surface area contributed by atoms with Gasteiger partial charge < -0.3 is 14.6 Å². The van der Waals surface area contributed by atoms with Gasteiger partial charge in [-0.05, 0) is 23.6 Å². The highest BCUT2D eigenvalue weighted by Crippen LogP contribution is 2.31. The van der Waals surface area contributed by atoms with Crippen LogP contribution in [0.15, 0.2) is 73.1 Å². The SMILES string of the molecule is O=C(NCCc1cn2ccccc2n1)C1CC(=O)N(c2cccc3ccccc23)C1. The van der Waals surface area contributed by atoms with Crippen molar-refractivity contribution in [2.45, 2.75) is 12.8 Å². The molecule has 6 heteroatoms. The lowest BCUT2D eigenvalue weighted by atomic mass is 10.1. The Bertz CT molecular complexity index is 1210. The van der Waals surface area contributed by atoms with Crippen LogP contribution in [0.2, 0.25) is 0 Å². The first-order valence-electron chi connectivity index (χ1n) is 10.2. The normalized spacial score (nSPS) is 16.5. The predicted octanol–water partition coefficient (Wildman–Crippen LogP) is 3.20. The van der Waals surface area contributed by atoms with E-state index in [9.17, 15) is 9.59 Å². The van der Waals surface area contributed by atoms with E-state index in [2.05, 4.69) is 10.3 Å². The van der Waals surface area contributed by atoms with E-state index in [-0.39, 0.29) is 24.2 Å². The van der Waals surface area contributed by atoms with Crippen molar-refractivity contribution in [3.63, 3.8) is 0 Å². The number of hydrogen-bond donors (Lipinski definition) is 1. The summed E-state index contributed by atoms with van der Waals surface area (Å²) in [6.45, 7) is 0.911. The summed E-state index contributed by atoms with van der Waals surface area (Å²) < 4.78 is 1.97. The lowest BCUT2D eigenvalue weighted by Gasteiger charge is -2.19. The first-order valence-corrected chi connectivity index (χ1v) is 10.2. The second-order valence-electron chi connectivity index (χ2n) is 7.64. The summed E-state index contributed by atoms with van der Waals surface area (Å²) in [6, 6.07) is 19.8. The molecule has 0 saturated carbocycles. The zero-order valence-corrected chi connectivity index (χ0v) is 16.5. The third-order valence-electron chi connectivity index (χ3n) is 5.65. The van der Waals surface area contributed by atoms with Gasteiger partial charge in [-0.3, -0.25) is 9.59 Å². The van der Waals surface area contributed by atoms with E-state index in [1.807, 2.05) is 77.5 Å². The monoisotopic (exact) mass is 398 g/mol. The van der Waals surface area contributed by atoms with Crippen molar-refractivity contribution >= 4 is 33.9 Å². The number of aromatic nitrogens is 2. The minimum Gasteiger partial charge on any atom is -0.355 e. The first-order chi connectivity index (χ1) is 14.7. The smallest absolute Gasteiger partial charge is 0.227 e. The highest BCUT2D eigenvalue weighted by atomic mass is 16.2. The molecule has 1 fully saturated rings. The average Bonchev–Trinajstić information content (AvgIpc) is 3.36. The van der Waals surface area contributed by atoms with Crippen LogP contribution < -0.4 is 10.2 Å². The summed E-state index contributed by atoms with van der Waals surface area (Å²) >= 11 is 0. The topological polar surface area (TPSA) is 66.7 Å². The number of pyridine rings is 1. The molecular weight excluding hydrogens is 376 g/mol. The molecule has 2 amide bonds. The van der Waals surface area contributed by atoms with Crippen LogP contribution in [0, 0.1) is 5.92 Å². The number of rotatable bonds is 5. The summed E-state index contributed by atoms with van der Waals surface area (Å²) in [7, 11) is 0. The Kier molecular flexibility index (Phi) is 4.67. The molecule has 1 aliphatic heterocycles. The van der Waals surface area contributed by atoms with Crippen LogP contribution in [-0.4, -0.2) is 34.3 Å². The van der Waals surface area contributed by atoms with Crippen molar-refractivity contribution in [3.05, 3.63) is 78.8 Å². The van der Waals surface area contributed by atoms with Gasteiger partial charge >= 0.3 is 0 Å². The molecule has 0 bridgehead atoms. The number of nitrogens with one attached hydrogen (secondary N) is 1. The molecule has 1 unspecified atom stereocenters. The first kappa shape index (κ1) is 18.4. The van der Waals surface area contributed by atoms with E-state index in [4.69, 9.17) is 0 Å². The summed E-state index contributed by atoms with van der Waals surface area (Å²) in [4.78, 5) is 31.6. The predicted molar refractivity (Wildman–Crippen MR) is 116 cm³/mol. The maximum Gasteiger partial charge on any atom is 0.227 e. The van der Waals surface area contributed by atoms with Gasteiger partial charge in [0, 0.05) is 43.7 Å². The number of nitrogens with zero attached hydrogens (tertiary/aromatic N) is 3. The Morgan fingerprint density at radius 1 is 1.07 bits per heavy atom. The molecule has 1 N–H and O–H groups in total. The number of fused-ring (bicyclic) bond motifs is 2. The minimum atomic E-state index is -0.336. The summed E-state index contributed by atoms with van der Waals surface area (Å²) in [5.41, 5.74) is 2.70. The van der Waals surface area contributed by atoms with Crippen molar-refractivity contribution in [1.29, 1.82) is 0 Å². The van der Waals surface area contributed by atoms with E-state index in [1.54, 1.807) is 4.90 Å². The number of anilines is 1. The van der Waals surface area contributed by atoms with Gasteiger partial charge in [0.05, 0.1) is 17.3 Å². The number of amides is 2. The fourth-order valence-electron chi connectivity index (χ4n) is 4.13. The molecular formula is C24H22N4O2. The molecule has 6 nitrogen and oxygen atoms in total. The number of hydrogen-bond acceptors (Lipinski definition) is 3. The molecule has 150 valence electrons. The highest BCUT2D eigenvalue weighted by molar-refractivity contribution is 6.06. The molecule has 4 aromatic rings. The fourth-order valence-corrected chi connectivity index (χ4v) is 4.13. The number of imidazole rings is 1. The maximum absolute atomic E-state index is 12.7. The second-order valence-corrected chi connectivity index (χ2v) is 7.64. The molecule has 0 radical (unpaired) electrons.